The Morgan fingerprint density at radius 1 is 1.24 bits per heavy atom. The Hall–Kier alpha value is -4.13. The minimum Gasteiger partial charge on any atom is -0.387 e. The number of nitrogens with zero attached hydrogens (tertiary/aromatic N) is 8. The summed E-state index contributed by atoms with van der Waals surface area (Å²) in [6.45, 7) is 1.15. The van der Waals surface area contributed by atoms with E-state index in [9.17, 15) is 19.1 Å². The maximum atomic E-state index is 14.2. The number of nitrogen functional groups attached to an aromatic ring is 1. The average Bonchev–Trinajstić information content (AvgIpc) is 3.56. The number of piperidine rings is 1. The van der Waals surface area contributed by atoms with Crippen molar-refractivity contribution in [2.24, 2.45) is 12.0 Å². The number of aryl methyl sites for hydroxylation is 1. The third-order valence-corrected chi connectivity index (χ3v) is 7.73. The van der Waals surface area contributed by atoms with E-state index in [1.165, 1.54) is 22.3 Å². The summed E-state index contributed by atoms with van der Waals surface area (Å²) < 4.78 is 17.0. The quantitative estimate of drug-likeness (QED) is 0.479. The molecular formula is C25H28FN9O3. The zero-order valence-electron chi connectivity index (χ0n) is 21.1. The minimum atomic E-state index is -0.507. The van der Waals surface area contributed by atoms with Crippen molar-refractivity contribution in [1.29, 1.82) is 0 Å². The first-order valence-corrected chi connectivity index (χ1v) is 12.6. The number of aliphatic hydroxyl groups is 1. The van der Waals surface area contributed by atoms with Crippen molar-refractivity contribution in [3.8, 4) is 0 Å². The molecule has 2 saturated heterocycles. The topological polar surface area (TPSA) is 147 Å². The number of Topliss-reactive ketones (excluding diaryl/α,β-unsaturated/α-hetero) is 1. The Kier molecular flexibility index (Phi) is 5.74. The van der Waals surface area contributed by atoms with Crippen LogP contribution in [0, 0.1) is 5.82 Å². The number of anilines is 2. The van der Waals surface area contributed by atoms with E-state index in [1.807, 2.05) is 4.90 Å². The lowest BCUT2D eigenvalue weighted by Gasteiger charge is -2.39. The second-order valence-corrected chi connectivity index (χ2v) is 10.1. The fourth-order valence-electron chi connectivity index (χ4n) is 6.13. The first-order valence-electron chi connectivity index (χ1n) is 12.6. The molecule has 1 amide bonds. The van der Waals surface area contributed by atoms with Crippen molar-refractivity contribution < 1.29 is 19.1 Å². The average molecular weight is 522 g/mol. The fourth-order valence-corrected chi connectivity index (χ4v) is 6.13. The Morgan fingerprint density at radius 2 is 1.97 bits per heavy atom. The highest BCUT2D eigenvalue weighted by molar-refractivity contribution is 6.08. The number of hydrogen-bond donors (Lipinski definition) is 2. The molecule has 3 atom stereocenters. The van der Waals surface area contributed by atoms with Gasteiger partial charge in [-0.15, -0.1) is 0 Å². The van der Waals surface area contributed by atoms with Crippen LogP contribution in [0.2, 0.25) is 0 Å². The number of hydrogen-bond acceptors (Lipinski definition) is 9. The van der Waals surface area contributed by atoms with E-state index in [0.29, 0.717) is 41.1 Å². The van der Waals surface area contributed by atoms with Crippen LogP contribution in [0.3, 0.4) is 0 Å². The highest BCUT2D eigenvalue weighted by atomic mass is 19.1. The summed E-state index contributed by atoms with van der Waals surface area (Å²) in [6, 6.07) is -0.0155. The van der Waals surface area contributed by atoms with E-state index in [2.05, 4.69) is 15.2 Å². The molecule has 38 heavy (non-hydrogen) atoms. The lowest BCUT2D eigenvalue weighted by Crippen LogP contribution is -2.47. The molecule has 3 aliphatic rings. The molecule has 2 fully saturated rings. The number of nitrogens with two attached hydrogens (primary N) is 1. The summed E-state index contributed by atoms with van der Waals surface area (Å²) in [5.41, 5.74) is 9.19. The van der Waals surface area contributed by atoms with Crippen LogP contribution in [0.4, 0.5) is 15.9 Å². The molecule has 198 valence electrons. The zero-order valence-corrected chi connectivity index (χ0v) is 21.1. The van der Waals surface area contributed by atoms with E-state index in [4.69, 9.17) is 10.7 Å². The molecule has 3 aliphatic heterocycles. The molecule has 6 heterocycles. The van der Waals surface area contributed by atoms with Crippen LogP contribution < -0.4 is 10.6 Å². The van der Waals surface area contributed by atoms with Gasteiger partial charge in [-0.1, -0.05) is 0 Å². The number of rotatable bonds is 5. The minimum absolute atomic E-state index is 0.00776. The zero-order chi connectivity index (χ0) is 26.7. The van der Waals surface area contributed by atoms with Crippen molar-refractivity contribution in [2.45, 2.75) is 50.6 Å². The highest BCUT2D eigenvalue weighted by Crippen LogP contribution is 2.44. The predicted molar refractivity (Wildman–Crippen MR) is 136 cm³/mol. The van der Waals surface area contributed by atoms with Gasteiger partial charge in [0, 0.05) is 31.2 Å². The smallest absolute Gasteiger partial charge is 0.248 e. The SMILES string of the molecule is CC(=O)c1c(C2C[C@H]3CC[C@@H](C2)N3C(=O)CO)nc2c(N3C=CC(c4nn(C)cc4F)=NC3)cnn2c1N. The Morgan fingerprint density at radius 3 is 2.55 bits per heavy atom. The van der Waals surface area contributed by atoms with Gasteiger partial charge < -0.3 is 20.6 Å². The summed E-state index contributed by atoms with van der Waals surface area (Å²) in [5.74, 6) is -0.763. The van der Waals surface area contributed by atoms with Gasteiger partial charge in [0.25, 0.3) is 0 Å². The molecule has 0 radical (unpaired) electrons. The normalized spacial score (nSPS) is 22.8. The third kappa shape index (κ3) is 3.76. The highest BCUT2D eigenvalue weighted by Gasteiger charge is 2.44. The van der Waals surface area contributed by atoms with Crippen molar-refractivity contribution in [3.63, 3.8) is 0 Å². The lowest BCUT2D eigenvalue weighted by molar-refractivity contribution is -0.138. The van der Waals surface area contributed by atoms with Crippen LogP contribution in [-0.2, 0) is 11.8 Å². The van der Waals surface area contributed by atoms with Gasteiger partial charge in [-0.2, -0.15) is 14.7 Å². The first-order chi connectivity index (χ1) is 18.3. The van der Waals surface area contributed by atoms with E-state index in [0.717, 1.165) is 12.8 Å². The van der Waals surface area contributed by atoms with E-state index >= 15 is 0 Å². The maximum Gasteiger partial charge on any atom is 0.248 e. The number of allylic oxidation sites excluding steroid dienone is 1. The van der Waals surface area contributed by atoms with Gasteiger partial charge in [0.1, 0.15) is 30.5 Å². The number of amides is 1. The maximum absolute atomic E-state index is 14.2. The molecule has 0 aliphatic carbocycles. The monoisotopic (exact) mass is 521 g/mol. The van der Waals surface area contributed by atoms with E-state index in [-0.39, 0.29) is 47.9 Å². The third-order valence-electron chi connectivity index (χ3n) is 7.73. The van der Waals surface area contributed by atoms with Crippen LogP contribution in [0.5, 0.6) is 0 Å². The summed E-state index contributed by atoms with van der Waals surface area (Å²) in [4.78, 5) is 38.1. The molecule has 13 heteroatoms. The van der Waals surface area contributed by atoms with Crippen molar-refractivity contribution in [1.82, 2.24) is 29.3 Å². The molecule has 1 unspecified atom stereocenters. The van der Waals surface area contributed by atoms with Gasteiger partial charge in [0.2, 0.25) is 5.91 Å². The molecular weight excluding hydrogens is 493 g/mol. The summed E-state index contributed by atoms with van der Waals surface area (Å²) in [7, 11) is 1.65. The first kappa shape index (κ1) is 24.2. The van der Waals surface area contributed by atoms with Crippen LogP contribution in [0.1, 0.15) is 60.3 Å². The molecule has 0 aromatic carbocycles. The Labute approximate surface area is 217 Å². The summed E-state index contributed by atoms with van der Waals surface area (Å²) >= 11 is 0. The number of aliphatic hydroxyl groups excluding tert-OH is 1. The van der Waals surface area contributed by atoms with Crippen molar-refractivity contribution >= 4 is 34.6 Å². The number of aliphatic imine (C=N–C) groups is 1. The Balaban J connectivity index is 1.35. The largest absolute Gasteiger partial charge is 0.387 e. The van der Waals surface area contributed by atoms with E-state index in [1.54, 1.807) is 30.4 Å². The molecule has 3 aromatic heterocycles. The molecule has 0 spiro atoms. The molecule has 0 saturated carbocycles. The van der Waals surface area contributed by atoms with Gasteiger partial charge >= 0.3 is 0 Å². The standard InChI is InChI=1S/C25H28FN9O3/c1-13(37)21-22(14-7-15-3-4-16(8-14)34(15)20(38)11-36)30-25-19(9-29-35(25)24(21)27)33-6-5-18(28-12-33)23-17(26)10-32(2)31-23/h5-6,9-10,14-16,36H,3-4,7-8,11-12,27H2,1-2H3/t14?,15-,16+. The molecule has 6 rings (SSSR count). The fraction of sp³-hybridized carbons (Fsp3) is 0.440. The number of carbonyl (C=O) groups excluding carboxylic acids is 2. The number of halogens is 1. The molecule has 3 aromatic rings. The van der Waals surface area contributed by atoms with Crippen LogP contribution in [0.25, 0.3) is 5.65 Å². The summed E-state index contributed by atoms with van der Waals surface area (Å²) in [6.07, 6.45) is 9.34. The predicted octanol–water partition coefficient (Wildman–Crippen LogP) is 1.40. The second-order valence-electron chi connectivity index (χ2n) is 10.1. The van der Waals surface area contributed by atoms with Crippen LogP contribution in [-0.4, -0.2) is 77.1 Å². The number of carbonyl (C=O) groups is 2. The van der Waals surface area contributed by atoms with Crippen LogP contribution in [0.15, 0.2) is 29.7 Å². The van der Waals surface area contributed by atoms with Crippen LogP contribution >= 0.6 is 0 Å². The number of ketones is 1. The van der Waals surface area contributed by atoms with Crippen molar-refractivity contribution in [2.75, 3.05) is 23.9 Å². The van der Waals surface area contributed by atoms with Gasteiger partial charge in [-0.25, -0.2) is 9.37 Å². The van der Waals surface area contributed by atoms with Gasteiger partial charge in [-0.3, -0.25) is 19.3 Å². The van der Waals surface area contributed by atoms with Crippen molar-refractivity contribution in [3.05, 3.63) is 47.4 Å². The number of fused-ring (bicyclic) bond motifs is 3. The summed E-state index contributed by atoms with van der Waals surface area (Å²) in [5, 5.41) is 18.0. The number of aromatic nitrogens is 5. The van der Waals surface area contributed by atoms with Gasteiger partial charge in [0.05, 0.1) is 29.4 Å². The van der Waals surface area contributed by atoms with Gasteiger partial charge in [0.15, 0.2) is 17.2 Å². The van der Waals surface area contributed by atoms with Gasteiger partial charge in [-0.05, 0) is 38.7 Å². The molecule has 12 nitrogen and oxygen atoms in total. The second kappa shape index (κ2) is 9.01. The molecule has 2 bridgehead atoms. The van der Waals surface area contributed by atoms with E-state index < -0.39 is 12.4 Å². The Bertz CT molecular complexity index is 1510. The molecule has 3 N–H and O–H groups in total. The lowest BCUT2D eigenvalue weighted by atomic mass is 9.85.